The molecule has 0 spiro atoms. The standard InChI is InChI=1S/C17H13FN2O2/c1-20-15(16(21)19-13-5-3-2-4-6-13)10-11-9-12(18)7-8-14(11)17(20)22/h2-10H,1H3,(H,19,21). The number of aromatic nitrogens is 1. The normalized spacial score (nSPS) is 10.6. The molecule has 3 rings (SSSR count). The second kappa shape index (κ2) is 5.44. The first-order chi connectivity index (χ1) is 10.6. The lowest BCUT2D eigenvalue weighted by atomic mass is 10.1. The summed E-state index contributed by atoms with van der Waals surface area (Å²) in [5.41, 5.74) is 0.460. The van der Waals surface area contributed by atoms with Gasteiger partial charge in [0.05, 0.1) is 0 Å². The second-order valence-electron chi connectivity index (χ2n) is 4.95. The van der Waals surface area contributed by atoms with E-state index in [4.69, 9.17) is 0 Å². The van der Waals surface area contributed by atoms with Crippen LogP contribution in [0.1, 0.15) is 10.5 Å². The molecular weight excluding hydrogens is 283 g/mol. The van der Waals surface area contributed by atoms with Crippen molar-refractivity contribution in [2.75, 3.05) is 5.32 Å². The molecule has 0 unspecified atom stereocenters. The Balaban J connectivity index is 2.08. The summed E-state index contributed by atoms with van der Waals surface area (Å²) >= 11 is 0. The number of fused-ring (bicyclic) bond motifs is 1. The van der Waals surface area contributed by atoms with Crippen LogP contribution in [-0.2, 0) is 7.05 Å². The molecule has 0 aliphatic heterocycles. The molecule has 2 aromatic carbocycles. The summed E-state index contributed by atoms with van der Waals surface area (Å²) in [5, 5.41) is 3.49. The van der Waals surface area contributed by atoms with Crippen molar-refractivity contribution >= 4 is 22.4 Å². The summed E-state index contributed by atoms with van der Waals surface area (Å²) in [6, 6.07) is 14.3. The smallest absolute Gasteiger partial charge is 0.272 e. The lowest BCUT2D eigenvalue weighted by Gasteiger charge is -2.10. The monoisotopic (exact) mass is 296 g/mol. The van der Waals surface area contributed by atoms with Crippen LogP contribution in [0.25, 0.3) is 10.8 Å². The minimum absolute atomic E-state index is 0.173. The molecule has 4 nitrogen and oxygen atoms in total. The first-order valence-electron chi connectivity index (χ1n) is 6.72. The fourth-order valence-electron chi connectivity index (χ4n) is 2.32. The predicted molar refractivity (Wildman–Crippen MR) is 83.5 cm³/mol. The fourth-order valence-corrected chi connectivity index (χ4v) is 2.32. The van der Waals surface area contributed by atoms with Gasteiger partial charge >= 0.3 is 0 Å². The highest BCUT2D eigenvalue weighted by Crippen LogP contribution is 2.15. The van der Waals surface area contributed by atoms with Crippen molar-refractivity contribution in [3.63, 3.8) is 0 Å². The van der Waals surface area contributed by atoms with Crippen LogP contribution in [0.3, 0.4) is 0 Å². The van der Waals surface area contributed by atoms with Gasteiger partial charge < -0.3 is 9.88 Å². The fraction of sp³-hybridized carbons (Fsp3) is 0.0588. The average Bonchev–Trinajstić information content (AvgIpc) is 2.51. The Kier molecular flexibility index (Phi) is 3.47. The van der Waals surface area contributed by atoms with E-state index in [2.05, 4.69) is 5.32 Å². The van der Waals surface area contributed by atoms with Crippen molar-refractivity contribution in [2.24, 2.45) is 7.05 Å². The Bertz CT molecular complexity index is 917. The number of anilines is 1. The number of pyridine rings is 1. The van der Waals surface area contributed by atoms with Gasteiger partial charge in [-0.3, -0.25) is 9.59 Å². The zero-order chi connectivity index (χ0) is 15.7. The van der Waals surface area contributed by atoms with Crippen molar-refractivity contribution in [1.29, 1.82) is 0 Å². The summed E-state index contributed by atoms with van der Waals surface area (Å²) in [5.74, 6) is -0.868. The molecule has 0 radical (unpaired) electrons. The maximum Gasteiger partial charge on any atom is 0.272 e. The van der Waals surface area contributed by atoms with Crippen molar-refractivity contribution in [2.45, 2.75) is 0 Å². The van der Waals surface area contributed by atoms with Crippen molar-refractivity contribution in [1.82, 2.24) is 4.57 Å². The quantitative estimate of drug-likeness (QED) is 0.790. The van der Waals surface area contributed by atoms with E-state index in [0.29, 0.717) is 16.5 Å². The minimum atomic E-state index is -0.449. The van der Waals surface area contributed by atoms with Gasteiger partial charge in [-0.15, -0.1) is 0 Å². The first-order valence-corrected chi connectivity index (χ1v) is 6.72. The summed E-state index contributed by atoms with van der Waals surface area (Å²) in [6.45, 7) is 0. The zero-order valence-corrected chi connectivity index (χ0v) is 11.8. The largest absolute Gasteiger partial charge is 0.321 e. The van der Waals surface area contributed by atoms with Crippen molar-refractivity contribution in [3.8, 4) is 0 Å². The molecule has 3 aromatic rings. The maximum atomic E-state index is 13.3. The van der Waals surface area contributed by atoms with Crippen molar-refractivity contribution in [3.05, 3.63) is 76.5 Å². The molecular formula is C17H13FN2O2. The maximum absolute atomic E-state index is 13.3. The summed E-state index contributed by atoms with van der Waals surface area (Å²) in [6.07, 6.45) is 0. The molecule has 110 valence electrons. The Labute approximate surface area is 125 Å². The van der Waals surface area contributed by atoms with Gasteiger partial charge in [0.25, 0.3) is 11.5 Å². The van der Waals surface area contributed by atoms with Gasteiger partial charge in [0.2, 0.25) is 0 Å². The highest BCUT2D eigenvalue weighted by Gasteiger charge is 2.13. The number of hydrogen-bond acceptors (Lipinski definition) is 2. The molecule has 0 saturated heterocycles. The molecule has 5 heteroatoms. The van der Waals surface area contributed by atoms with Crippen molar-refractivity contribution < 1.29 is 9.18 Å². The summed E-state index contributed by atoms with van der Waals surface area (Å²) in [4.78, 5) is 24.6. The second-order valence-corrected chi connectivity index (χ2v) is 4.95. The van der Waals surface area contributed by atoms with Gasteiger partial charge in [0.1, 0.15) is 11.5 Å². The van der Waals surface area contributed by atoms with E-state index in [0.717, 1.165) is 0 Å². The van der Waals surface area contributed by atoms with E-state index in [1.807, 2.05) is 6.07 Å². The molecule has 1 N–H and O–H groups in total. The van der Waals surface area contributed by atoms with Gasteiger partial charge in [-0.05, 0) is 41.8 Å². The summed E-state index contributed by atoms with van der Waals surface area (Å²) < 4.78 is 14.6. The van der Waals surface area contributed by atoms with E-state index in [1.165, 1.54) is 35.9 Å². The minimum Gasteiger partial charge on any atom is -0.321 e. The van der Waals surface area contributed by atoms with Crippen LogP contribution < -0.4 is 10.9 Å². The third kappa shape index (κ3) is 2.48. The van der Waals surface area contributed by atoms with Gasteiger partial charge in [0.15, 0.2) is 0 Å². The van der Waals surface area contributed by atoms with Crippen LogP contribution in [0, 0.1) is 5.82 Å². The summed E-state index contributed by atoms with van der Waals surface area (Å²) in [7, 11) is 1.52. The number of nitrogens with zero attached hydrogens (tertiary/aromatic N) is 1. The zero-order valence-electron chi connectivity index (χ0n) is 11.8. The first kappa shape index (κ1) is 14.0. The van der Waals surface area contributed by atoms with Gasteiger partial charge in [-0.2, -0.15) is 0 Å². The van der Waals surface area contributed by atoms with Crippen LogP contribution >= 0.6 is 0 Å². The van der Waals surface area contributed by atoms with E-state index in [-0.39, 0.29) is 11.3 Å². The number of hydrogen-bond donors (Lipinski definition) is 1. The highest BCUT2D eigenvalue weighted by atomic mass is 19.1. The SMILES string of the molecule is Cn1c(C(=O)Nc2ccccc2)cc2cc(F)ccc2c1=O. The number of halogens is 1. The van der Waals surface area contributed by atoms with Crippen LogP contribution in [0.5, 0.6) is 0 Å². The number of amides is 1. The molecule has 1 aromatic heterocycles. The van der Waals surface area contributed by atoms with Crippen LogP contribution in [0.2, 0.25) is 0 Å². The molecule has 0 saturated carbocycles. The molecule has 0 atom stereocenters. The lowest BCUT2D eigenvalue weighted by molar-refractivity contribution is 0.101. The van der Waals surface area contributed by atoms with Crippen LogP contribution in [0.4, 0.5) is 10.1 Å². The van der Waals surface area contributed by atoms with Gasteiger partial charge in [-0.1, -0.05) is 18.2 Å². The molecule has 0 fully saturated rings. The third-order valence-electron chi connectivity index (χ3n) is 3.47. The van der Waals surface area contributed by atoms with Crippen LogP contribution in [-0.4, -0.2) is 10.5 Å². The van der Waals surface area contributed by atoms with Gasteiger partial charge in [-0.25, -0.2) is 4.39 Å². The molecule has 0 aliphatic carbocycles. The average molecular weight is 296 g/mol. The number of benzene rings is 2. The Morgan fingerprint density at radius 3 is 2.55 bits per heavy atom. The number of para-hydroxylation sites is 1. The predicted octanol–water partition coefficient (Wildman–Crippen LogP) is 2.93. The third-order valence-corrected chi connectivity index (χ3v) is 3.47. The highest BCUT2D eigenvalue weighted by molar-refractivity contribution is 6.05. The molecule has 1 amide bonds. The molecule has 1 heterocycles. The Morgan fingerprint density at radius 1 is 1.09 bits per heavy atom. The van der Waals surface area contributed by atoms with E-state index in [9.17, 15) is 14.0 Å². The number of nitrogens with one attached hydrogen (secondary N) is 1. The topological polar surface area (TPSA) is 51.1 Å². The van der Waals surface area contributed by atoms with E-state index < -0.39 is 11.7 Å². The van der Waals surface area contributed by atoms with Gasteiger partial charge in [0, 0.05) is 18.1 Å². The molecule has 0 bridgehead atoms. The number of rotatable bonds is 2. The number of carbonyl (C=O) groups excluding carboxylic acids is 1. The lowest BCUT2D eigenvalue weighted by Crippen LogP contribution is -2.26. The number of carbonyl (C=O) groups is 1. The molecule has 22 heavy (non-hydrogen) atoms. The Hall–Kier alpha value is -2.95. The van der Waals surface area contributed by atoms with Crippen LogP contribution in [0.15, 0.2) is 59.4 Å². The molecule has 0 aliphatic rings. The van der Waals surface area contributed by atoms with E-state index in [1.54, 1.807) is 24.3 Å². The Morgan fingerprint density at radius 2 is 1.82 bits per heavy atom. The van der Waals surface area contributed by atoms with E-state index >= 15 is 0 Å².